The molecule has 1 atom stereocenters. The summed E-state index contributed by atoms with van der Waals surface area (Å²) in [6, 6.07) is 8.57. The number of rotatable bonds is 4. The van der Waals surface area contributed by atoms with Crippen molar-refractivity contribution in [3.63, 3.8) is 0 Å². The zero-order chi connectivity index (χ0) is 17.6. The number of carbonyl (C=O) groups is 1. The van der Waals surface area contributed by atoms with E-state index in [0.29, 0.717) is 5.91 Å². The number of aromatic nitrogens is 1. The summed E-state index contributed by atoms with van der Waals surface area (Å²) >= 11 is 0. The summed E-state index contributed by atoms with van der Waals surface area (Å²) in [6.45, 7) is 4.88. The Kier molecular flexibility index (Phi) is 3.96. The van der Waals surface area contributed by atoms with Crippen molar-refractivity contribution in [1.82, 2.24) is 14.8 Å². The van der Waals surface area contributed by atoms with E-state index in [0.717, 1.165) is 51.5 Å². The predicted octanol–water partition coefficient (Wildman–Crippen LogP) is 3.46. The van der Waals surface area contributed by atoms with E-state index in [4.69, 9.17) is 0 Å². The van der Waals surface area contributed by atoms with Crippen molar-refractivity contribution in [1.29, 1.82) is 0 Å². The van der Waals surface area contributed by atoms with Crippen LogP contribution in [0.2, 0.25) is 0 Å². The van der Waals surface area contributed by atoms with Crippen LogP contribution in [-0.2, 0) is 11.3 Å². The van der Waals surface area contributed by atoms with Gasteiger partial charge in [-0.2, -0.15) is 0 Å². The standard InChI is InChI=1S/C22H27N3O/c26-21-22(8-2-11-25(21)14-17-5-6-17)9-12-24(16-22)15-19-4-1-3-18-13-23-10-7-20(18)19/h1,3-4,7,10,13,17H,2,5-6,8-9,11-12,14-16H2. The lowest BCUT2D eigenvalue weighted by Crippen LogP contribution is -2.50. The van der Waals surface area contributed by atoms with E-state index in [1.54, 1.807) is 0 Å². The lowest BCUT2D eigenvalue weighted by molar-refractivity contribution is -0.145. The quantitative estimate of drug-likeness (QED) is 0.848. The lowest BCUT2D eigenvalue weighted by Gasteiger charge is -2.39. The average Bonchev–Trinajstić information content (AvgIpc) is 3.39. The summed E-state index contributed by atoms with van der Waals surface area (Å²) in [5.74, 6) is 1.23. The first-order valence-corrected chi connectivity index (χ1v) is 10.1. The third-order valence-electron chi connectivity index (χ3n) is 6.60. The molecule has 0 N–H and O–H groups in total. The Morgan fingerprint density at radius 3 is 2.96 bits per heavy atom. The number of nitrogens with zero attached hydrogens (tertiary/aromatic N) is 3. The first-order valence-electron chi connectivity index (χ1n) is 10.1. The number of hydrogen-bond acceptors (Lipinski definition) is 3. The van der Waals surface area contributed by atoms with E-state index in [2.05, 4.69) is 39.0 Å². The van der Waals surface area contributed by atoms with Crippen molar-refractivity contribution in [3.8, 4) is 0 Å². The molecule has 1 aromatic heterocycles. The summed E-state index contributed by atoms with van der Waals surface area (Å²) in [4.78, 5) is 22.1. The summed E-state index contributed by atoms with van der Waals surface area (Å²) in [7, 11) is 0. The van der Waals surface area contributed by atoms with Crippen LogP contribution in [0.15, 0.2) is 36.7 Å². The molecule has 4 nitrogen and oxygen atoms in total. The highest BCUT2D eigenvalue weighted by Gasteiger charge is 2.48. The molecule has 0 radical (unpaired) electrons. The molecular weight excluding hydrogens is 322 g/mol. The third kappa shape index (κ3) is 2.90. The van der Waals surface area contributed by atoms with Crippen molar-refractivity contribution in [3.05, 3.63) is 42.2 Å². The number of carbonyl (C=O) groups excluding carboxylic acids is 1. The van der Waals surface area contributed by atoms with E-state index in [9.17, 15) is 4.79 Å². The van der Waals surface area contributed by atoms with Crippen molar-refractivity contribution < 1.29 is 4.79 Å². The fourth-order valence-electron chi connectivity index (χ4n) is 4.98. The molecule has 2 saturated heterocycles. The first-order chi connectivity index (χ1) is 12.7. The van der Waals surface area contributed by atoms with Gasteiger partial charge < -0.3 is 4.90 Å². The second-order valence-electron chi connectivity index (χ2n) is 8.55. The van der Waals surface area contributed by atoms with Crippen LogP contribution in [0, 0.1) is 11.3 Å². The van der Waals surface area contributed by atoms with E-state index in [1.807, 2.05) is 12.4 Å². The Hall–Kier alpha value is -1.94. The molecule has 2 aromatic rings. The van der Waals surface area contributed by atoms with Crippen LogP contribution in [0.1, 0.15) is 37.7 Å². The molecule has 1 aliphatic carbocycles. The second kappa shape index (κ2) is 6.34. The van der Waals surface area contributed by atoms with E-state index in [1.165, 1.54) is 35.6 Å². The monoisotopic (exact) mass is 349 g/mol. The molecule has 5 rings (SSSR count). The summed E-state index contributed by atoms with van der Waals surface area (Å²) in [5, 5.41) is 2.48. The van der Waals surface area contributed by atoms with Gasteiger partial charge in [-0.3, -0.25) is 14.7 Å². The van der Waals surface area contributed by atoms with Gasteiger partial charge in [0.1, 0.15) is 0 Å². The Bertz CT molecular complexity index is 826. The number of fused-ring (bicyclic) bond motifs is 1. The van der Waals surface area contributed by atoms with Crippen LogP contribution in [0.5, 0.6) is 0 Å². The van der Waals surface area contributed by atoms with Gasteiger partial charge in [0.25, 0.3) is 0 Å². The molecule has 1 spiro atoms. The van der Waals surface area contributed by atoms with Gasteiger partial charge in [-0.1, -0.05) is 18.2 Å². The highest BCUT2D eigenvalue weighted by atomic mass is 16.2. The number of benzene rings is 1. The highest BCUT2D eigenvalue weighted by molar-refractivity contribution is 5.85. The van der Waals surface area contributed by atoms with Gasteiger partial charge in [0.2, 0.25) is 5.91 Å². The Labute approximate surface area is 155 Å². The van der Waals surface area contributed by atoms with E-state index < -0.39 is 0 Å². The number of piperidine rings is 1. The van der Waals surface area contributed by atoms with Crippen molar-refractivity contribution >= 4 is 16.7 Å². The van der Waals surface area contributed by atoms with Crippen molar-refractivity contribution in [2.24, 2.45) is 11.3 Å². The maximum atomic E-state index is 13.2. The molecule has 1 saturated carbocycles. The SMILES string of the molecule is O=C1N(CC2CC2)CCCC12CCN(Cc1cccc3cnccc13)C2. The van der Waals surface area contributed by atoms with Gasteiger partial charge in [-0.05, 0) is 61.6 Å². The fourth-order valence-corrected chi connectivity index (χ4v) is 4.98. The molecule has 26 heavy (non-hydrogen) atoms. The predicted molar refractivity (Wildman–Crippen MR) is 103 cm³/mol. The molecule has 136 valence electrons. The number of amides is 1. The van der Waals surface area contributed by atoms with Gasteiger partial charge in [0.05, 0.1) is 5.41 Å². The highest BCUT2D eigenvalue weighted by Crippen LogP contribution is 2.42. The van der Waals surface area contributed by atoms with Crippen LogP contribution in [0.3, 0.4) is 0 Å². The Balaban J connectivity index is 1.32. The minimum atomic E-state index is -0.112. The van der Waals surface area contributed by atoms with Gasteiger partial charge in [-0.25, -0.2) is 0 Å². The van der Waals surface area contributed by atoms with Crippen LogP contribution in [-0.4, -0.2) is 46.9 Å². The van der Waals surface area contributed by atoms with Crippen LogP contribution >= 0.6 is 0 Å². The summed E-state index contributed by atoms with van der Waals surface area (Å²) < 4.78 is 0. The molecule has 3 fully saturated rings. The molecule has 3 heterocycles. The molecule has 4 heteroatoms. The average molecular weight is 349 g/mol. The normalized spacial score (nSPS) is 26.9. The molecule has 3 aliphatic rings. The molecule has 1 aromatic carbocycles. The Morgan fingerprint density at radius 1 is 1.15 bits per heavy atom. The smallest absolute Gasteiger partial charge is 0.230 e. The zero-order valence-electron chi connectivity index (χ0n) is 15.4. The molecule has 1 amide bonds. The van der Waals surface area contributed by atoms with Gasteiger partial charge in [0, 0.05) is 44.0 Å². The number of hydrogen-bond donors (Lipinski definition) is 0. The van der Waals surface area contributed by atoms with Gasteiger partial charge >= 0.3 is 0 Å². The molecular formula is C22H27N3O. The van der Waals surface area contributed by atoms with Crippen molar-refractivity contribution in [2.45, 2.75) is 38.6 Å². The second-order valence-corrected chi connectivity index (χ2v) is 8.55. The molecule has 2 aliphatic heterocycles. The minimum absolute atomic E-state index is 0.112. The van der Waals surface area contributed by atoms with Crippen molar-refractivity contribution in [2.75, 3.05) is 26.2 Å². The molecule has 0 bridgehead atoms. The van der Waals surface area contributed by atoms with E-state index >= 15 is 0 Å². The number of pyridine rings is 1. The zero-order valence-corrected chi connectivity index (χ0v) is 15.4. The first kappa shape index (κ1) is 16.2. The lowest BCUT2D eigenvalue weighted by atomic mass is 9.78. The maximum absolute atomic E-state index is 13.2. The van der Waals surface area contributed by atoms with Crippen LogP contribution in [0.25, 0.3) is 10.8 Å². The fraction of sp³-hybridized carbons (Fsp3) is 0.545. The van der Waals surface area contributed by atoms with Crippen LogP contribution < -0.4 is 0 Å². The molecule has 1 unspecified atom stereocenters. The summed E-state index contributed by atoms with van der Waals surface area (Å²) in [6.07, 6.45) is 9.72. The van der Waals surface area contributed by atoms with E-state index in [-0.39, 0.29) is 5.41 Å². The summed E-state index contributed by atoms with van der Waals surface area (Å²) in [5.41, 5.74) is 1.24. The number of likely N-dealkylation sites (tertiary alicyclic amines) is 2. The maximum Gasteiger partial charge on any atom is 0.230 e. The third-order valence-corrected chi connectivity index (χ3v) is 6.60. The van der Waals surface area contributed by atoms with Gasteiger partial charge in [0.15, 0.2) is 0 Å². The topological polar surface area (TPSA) is 36.4 Å². The largest absolute Gasteiger partial charge is 0.342 e. The minimum Gasteiger partial charge on any atom is -0.342 e. The van der Waals surface area contributed by atoms with Crippen LogP contribution in [0.4, 0.5) is 0 Å². The van der Waals surface area contributed by atoms with Gasteiger partial charge in [-0.15, -0.1) is 0 Å². The Morgan fingerprint density at radius 2 is 2.08 bits per heavy atom.